The van der Waals surface area contributed by atoms with E-state index >= 15 is 0 Å². The number of ether oxygens (including phenoxy) is 1. The molecule has 0 saturated carbocycles. The Morgan fingerprint density at radius 2 is 1.54 bits per heavy atom. The molecule has 0 aliphatic carbocycles. The summed E-state index contributed by atoms with van der Waals surface area (Å²) in [6.45, 7) is -0.533. The van der Waals surface area contributed by atoms with Gasteiger partial charge < -0.3 is 15.0 Å². The van der Waals surface area contributed by atoms with Gasteiger partial charge in [0.2, 0.25) is 5.91 Å². The summed E-state index contributed by atoms with van der Waals surface area (Å²) in [6.07, 6.45) is 0. The van der Waals surface area contributed by atoms with Crippen LogP contribution in [0.4, 0.5) is 15.8 Å². The quantitative estimate of drug-likeness (QED) is 0.302. The van der Waals surface area contributed by atoms with Crippen LogP contribution < -0.4 is 15.0 Å². The largest absolute Gasteiger partial charge is 0.497 e. The molecule has 1 heterocycles. The number of rotatable bonds is 9. The number of nitrogens with zero attached hydrogens (tertiary/aromatic N) is 2. The van der Waals surface area contributed by atoms with Crippen molar-refractivity contribution in [3.8, 4) is 5.75 Å². The molecule has 206 valence electrons. The summed E-state index contributed by atoms with van der Waals surface area (Å²) in [6, 6.07) is 26.4. The first-order valence-corrected chi connectivity index (χ1v) is 12.8. The number of hydrogen-bond acceptors (Lipinski definition) is 5. The fourth-order valence-electron chi connectivity index (χ4n) is 4.73. The van der Waals surface area contributed by atoms with Crippen molar-refractivity contribution in [3.05, 3.63) is 126 Å². The second-order valence-corrected chi connectivity index (χ2v) is 9.42. The maximum absolute atomic E-state index is 14.0. The number of fused-ring (bicyclic) bond motifs is 1. The van der Waals surface area contributed by atoms with E-state index in [4.69, 9.17) is 4.74 Å². The number of methoxy groups -OCH3 is 1. The van der Waals surface area contributed by atoms with E-state index in [9.17, 15) is 23.6 Å². The minimum absolute atomic E-state index is 0.0632. The molecule has 1 atom stereocenters. The molecule has 4 aromatic rings. The van der Waals surface area contributed by atoms with Crippen LogP contribution in [0.1, 0.15) is 27.5 Å². The normalized spacial score (nSPS) is 13.0. The Balaban J connectivity index is 1.52. The summed E-state index contributed by atoms with van der Waals surface area (Å²) in [4.78, 5) is 55.8. The van der Waals surface area contributed by atoms with Crippen molar-refractivity contribution in [2.24, 2.45) is 0 Å². The lowest BCUT2D eigenvalue weighted by atomic mass is 10.0. The van der Waals surface area contributed by atoms with Crippen LogP contribution in [0.2, 0.25) is 0 Å². The predicted octanol–water partition coefficient (Wildman–Crippen LogP) is 4.77. The van der Waals surface area contributed by atoms with Crippen molar-refractivity contribution in [2.45, 2.75) is 12.6 Å². The van der Waals surface area contributed by atoms with Crippen LogP contribution in [0.15, 0.2) is 103 Å². The van der Waals surface area contributed by atoms with Gasteiger partial charge in [0, 0.05) is 12.2 Å². The lowest BCUT2D eigenvalue weighted by Gasteiger charge is -2.33. The average molecular weight is 552 g/mol. The third-order valence-electron chi connectivity index (χ3n) is 6.79. The molecule has 3 amide bonds. The third kappa shape index (κ3) is 5.84. The van der Waals surface area contributed by atoms with Crippen LogP contribution in [0.3, 0.4) is 0 Å². The Kier molecular flexibility index (Phi) is 7.87. The van der Waals surface area contributed by atoms with Crippen molar-refractivity contribution in [3.63, 3.8) is 0 Å². The minimum atomic E-state index is -1.13. The number of para-hydroxylation sites is 1. The molecule has 0 radical (unpaired) electrons. The number of nitrogens with one attached hydrogen (secondary N) is 1. The standard InChI is InChI=1S/C32H26FN3O5/c1-41-25-17-15-24(16-18-25)34-31(39)29(22-7-3-2-4-8-22)36(19-21-11-13-23(33)14-12-21)28(37)20-35-27-10-6-5-9-26(27)30(38)32(35)40/h2-18,29H,19-20H2,1H3,(H,34,39). The number of Topliss-reactive ketones (excluding diaryl/α,β-unsaturated/α-hetero) is 1. The first-order chi connectivity index (χ1) is 19.9. The van der Waals surface area contributed by atoms with E-state index in [2.05, 4.69) is 5.32 Å². The second kappa shape index (κ2) is 11.8. The highest BCUT2D eigenvalue weighted by Gasteiger charge is 2.39. The van der Waals surface area contributed by atoms with Gasteiger partial charge in [-0.05, 0) is 59.7 Å². The van der Waals surface area contributed by atoms with Crippen LogP contribution in [-0.4, -0.2) is 42.1 Å². The SMILES string of the molecule is COc1ccc(NC(=O)C(c2ccccc2)N(Cc2ccc(F)cc2)C(=O)CN2C(=O)C(=O)c3ccccc32)cc1. The molecule has 1 aliphatic heterocycles. The van der Waals surface area contributed by atoms with Gasteiger partial charge in [0.05, 0.1) is 18.4 Å². The zero-order chi connectivity index (χ0) is 28.9. The molecule has 0 saturated heterocycles. The molecular formula is C32H26FN3O5. The van der Waals surface area contributed by atoms with E-state index in [1.165, 1.54) is 42.3 Å². The molecule has 9 heteroatoms. The molecule has 0 fully saturated rings. The predicted molar refractivity (Wildman–Crippen MR) is 151 cm³/mol. The zero-order valence-corrected chi connectivity index (χ0v) is 22.1. The highest BCUT2D eigenvalue weighted by atomic mass is 19.1. The maximum atomic E-state index is 14.0. The molecule has 1 N–H and O–H groups in total. The van der Waals surface area contributed by atoms with Crippen LogP contribution in [-0.2, 0) is 20.9 Å². The molecule has 1 aliphatic rings. The number of hydrogen-bond donors (Lipinski definition) is 1. The lowest BCUT2D eigenvalue weighted by Crippen LogP contribution is -2.46. The molecule has 0 bridgehead atoms. The van der Waals surface area contributed by atoms with Gasteiger partial charge in [-0.2, -0.15) is 0 Å². The van der Waals surface area contributed by atoms with Crippen LogP contribution in [0, 0.1) is 5.82 Å². The number of amides is 3. The van der Waals surface area contributed by atoms with Gasteiger partial charge in [-0.15, -0.1) is 0 Å². The van der Waals surface area contributed by atoms with Crippen molar-refractivity contribution in [1.82, 2.24) is 4.90 Å². The van der Waals surface area contributed by atoms with Gasteiger partial charge in [0.25, 0.3) is 17.6 Å². The minimum Gasteiger partial charge on any atom is -0.497 e. The lowest BCUT2D eigenvalue weighted by molar-refractivity contribution is -0.139. The van der Waals surface area contributed by atoms with E-state index < -0.39 is 41.9 Å². The Labute approximate surface area is 236 Å². The monoisotopic (exact) mass is 551 g/mol. The summed E-state index contributed by atoms with van der Waals surface area (Å²) < 4.78 is 18.9. The molecule has 1 unspecified atom stereocenters. The highest BCUT2D eigenvalue weighted by Crippen LogP contribution is 2.31. The van der Waals surface area contributed by atoms with E-state index in [1.807, 2.05) is 0 Å². The molecular weight excluding hydrogens is 525 g/mol. The number of benzene rings is 4. The Bertz CT molecular complexity index is 1590. The maximum Gasteiger partial charge on any atom is 0.299 e. The van der Waals surface area contributed by atoms with E-state index in [-0.39, 0.29) is 12.1 Å². The smallest absolute Gasteiger partial charge is 0.299 e. The number of carbonyl (C=O) groups is 4. The number of halogens is 1. The fraction of sp³-hybridized carbons (Fsp3) is 0.125. The first-order valence-electron chi connectivity index (χ1n) is 12.8. The van der Waals surface area contributed by atoms with Gasteiger partial charge in [-0.25, -0.2) is 4.39 Å². The van der Waals surface area contributed by atoms with Crippen molar-refractivity contribution in [2.75, 3.05) is 23.9 Å². The Hall–Kier alpha value is -5.31. The van der Waals surface area contributed by atoms with Crippen LogP contribution in [0.25, 0.3) is 0 Å². The van der Waals surface area contributed by atoms with Crippen molar-refractivity contribution in [1.29, 1.82) is 0 Å². The van der Waals surface area contributed by atoms with Gasteiger partial charge in [0.15, 0.2) is 0 Å². The van der Waals surface area contributed by atoms with E-state index in [0.717, 1.165) is 4.90 Å². The molecule has 41 heavy (non-hydrogen) atoms. The van der Waals surface area contributed by atoms with E-state index in [1.54, 1.807) is 72.8 Å². The summed E-state index contributed by atoms with van der Waals surface area (Å²) in [5, 5.41) is 2.86. The van der Waals surface area contributed by atoms with Crippen molar-refractivity contribution >= 4 is 34.9 Å². The number of anilines is 2. The highest BCUT2D eigenvalue weighted by molar-refractivity contribution is 6.52. The summed E-state index contributed by atoms with van der Waals surface area (Å²) in [5.74, 6) is -2.43. The Morgan fingerprint density at radius 1 is 0.878 bits per heavy atom. The van der Waals surface area contributed by atoms with Crippen molar-refractivity contribution < 1.29 is 28.3 Å². The van der Waals surface area contributed by atoms with Gasteiger partial charge in [-0.3, -0.25) is 24.1 Å². The molecule has 4 aromatic carbocycles. The fourth-order valence-corrected chi connectivity index (χ4v) is 4.73. The first kappa shape index (κ1) is 27.3. The Morgan fingerprint density at radius 3 is 2.22 bits per heavy atom. The number of ketones is 1. The summed E-state index contributed by atoms with van der Waals surface area (Å²) in [7, 11) is 1.54. The third-order valence-corrected chi connectivity index (χ3v) is 6.79. The van der Waals surface area contributed by atoms with Crippen LogP contribution in [0.5, 0.6) is 5.75 Å². The van der Waals surface area contributed by atoms with Gasteiger partial charge in [0.1, 0.15) is 24.2 Å². The summed E-state index contributed by atoms with van der Waals surface area (Å²) in [5.41, 5.74) is 2.13. The molecule has 0 aromatic heterocycles. The number of carbonyl (C=O) groups excluding carboxylic acids is 4. The molecule has 5 rings (SSSR count). The molecule has 8 nitrogen and oxygen atoms in total. The molecule has 0 spiro atoms. The topological polar surface area (TPSA) is 96.0 Å². The van der Waals surface area contributed by atoms with Gasteiger partial charge >= 0.3 is 0 Å². The van der Waals surface area contributed by atoms with Crippen LogP contribution >= 0.6 is 0 Å². The van der Waals surface area contributed by atoms with E-state index in [0.29, 0.717) is 28.3 Å². The zero-order valence-electron chi connectivity index (χ0n) is 22.1. The van der Waals surface area contributed by atoms with Gasteiger partial charge in [-0.1, -0.05) is 54.6 Å². The summed E-state index contributed by atoms with van der Waals surface area (Å²) >= 11 is 0. The second-order valence-electron chi connectivity index (χ2n) is 9.42. The average Bonchev–Trinajstić information content (AvgIpc) is 3.23.